The van der Waals surface area contributed by atoms with Crippen molar-refractivity contribution in [3.63, 3.8) is 0 Å². The van der Waals surface area contributed by atoms with E-state index in [1.165, 1.54) is 0 Å². The number of phenols is 1. The number of phenolic OH excluding ortho intramolecular Hbond substituents is 1. The van der Waals surface area contributed by atoms with Gasteiger partial charge in [0.05, 0.1) is 17.2 Å². The Kier molecular flexibility index (Phi) is 3.97. The van der Waals surface area contributed by atoms with Crippen LogP contribution in [0.25, 0.3) is 0 Å². The van der Waals surface area contributed by atoms with Gasteiger partial charge in [-0.25, -0.2) is 0 Å². The summed E-state index contributed by atoms with van der Waals surface area (Å²) in [4.78, 5) is 0. The Labute approximate surface area is 94.5 Å². The summed E-state index contributed by atoms with van der Waals surface area (Å²) in [6, 6.07) is 4.32. The van der Waals surface area contributed by atoms with Gasteiger partial charge in [-0.05, 0) is 12.0 Å². The van der Waals surface area contributed by atoms with Gasteiger partial charge in [-0.2, -0.15) is 0 Å². The van der Waals surface area contributed by atoms with E-state index in [9.17, 15) is 10.2 Å². The summed E-state index contributed by atoms with van der Waals surface area (Å²) in [5.41, 5.74) is 6.32. The van der Waals surface area contributed by atoms with E-state index in [-0.39, 0.29) is 16.7 Å². The fourth-order valence-electron chi connectivity index (χ4n) is 1.40. The zero-order valence-corrected chi connectivity index (χ0v) is 9.57. The second-order valence-corrected chi connectivity index (χ2v) is 4.35. The monoisotopic (exact) mass is 229 g/mol. The maximum absolute atomic E-state index is 9.78. The lowest BCUT2D eigenvalue weighted by Gasteiger charge is -2.23. The third kappa shape index (κ3) is 2.62. The molecule has 15 heavy (non-hydrogen) atoms. The predicted molar refractivity (Wildman–Crippen MR) is 60.9 cm³/mol. The smallest absolute Gasteiger partial charge is 0.139 e. The molecule has 0 aliphatic heterocycles. The van der Waals surface area contributed by atoms with Crippen molar-refractivity contribution in [1.82, 2.24) is 0 Å². The van der Waals surface area contributed by atoms with Crippen molar-refractivity contribution < 1.29 is 10.2 Å². The lowest BCUT2D eigenvalue weighted by atomic mass is 9.94. The van der Waals surface area contributed by atoms with E-state index in [4.69, 9.17) is 17.3 Å². The molecule has 0 bridgehead atoms. The molecule has 0 radical (unpaired) electrons. The van der Waals surface area contributed by atoms with E-state index in [1.807, 2.05) is 13.8 Å². The van der Waals surface area contributed by atoms with Crippen molar-refractivity contribution in [1.29, 1.82) is 0 Å². The number of hydrogen-bond donors (Lipinski definition) is 3. The second-order valence-electron chi connectivity index (χ2n) is 3.94. The molecule has 0 aliphatic rings. The zero-order chi connectivity index (χ0) is 11.6. The summed E-state index contributed by atoms with van der Waals surface area (Å²) < 4.78 is 0. The maximum atomic E-state index is 9.78. The maximum Gasteiger partial charge on any atom is 0.139 e. The molecular weight excluding hydrogens is 214 g/mol. The molecule has 0 aliphatic carbocycles. The van der Waals surface area contributed by atoms with Crippen LogP contribution in [-0.4, -0.2) is 16.3 Å². The second kappa shape index (κ2) is 4.84. The van der Waals surface area contributed by atoms with Crippen LogP contribution in [0.3, 0.4) is 0 Å². The first kappa shape index (κ1) is 12.3. The molecule has 0 unspecified atom stereocenters. The molecule has 0 fully saturated rings. The highest BCUT2D eigenvalue weighted by Gasteiger charge is 2.23. The molecule has 0 saturated heterocycles. The molecule has 84 valence electrons. The number of rotatable bonds is 3. The summed E-state index contributed by atoms with van der Waals surface area (Å²) >= 11 is 5.75. The van der Waals surface area contributed by atoms with Gasteiger partial charge in [0.2, 0.25) is 0 Å². The van der Waals surface area contributed by atoms with Crippen LogP contribution in [0.1, 0.15) is 25.5 Å². The van der Waals surface area contributed by atoms with Crippen molar-refractivity contribution in [2.24, 2.45) is 11.7 Å². The Bertz CT molecular complexity index is 341. The average molecular weight is 230 g/mol. The summed E-state index contributed by atoms with van der Waals surface area (Å²) in [5, 5.41) is 19.7. The first-order chi connectivity index (χ1) is 6.95. The van der Waals surface area contributed by atoms with Crippen molar-refractivity contribution in [2.45, 2.75) is 26.0 Å². The molecule has 3 nitrogen and oxygen atoms in total. The SMILES string of the molecule is CC(C)[C@@H](O)[C@@H](N)c1cccc(Cl)c1O. The Hall–Kier alpha value is -0.770. The van der Waals surface area contributed by atoms with Crippen molar-refractivity contribution in [3.8, 4) is 5.75 Å². The third-order valence-corrected chi connectivity index (χ3v) is 2.73. The van der Waals surface area contributed by atoms with Gasteiger partial charge in [-0.15, -0.1) is 0 Å². The number of para-hydroxylation sites is 1. The van der Waals surface area contributed by atoms with E-state index in [1.54, 1.807) is 18.2 Å². The molecule has 4 heteroatoms. The van der Waals surface area contributed by atoms with Crippen LogP contribution in [0.5, 0.6) is 5.75 Å². The highest BCUT2D eigenvalue weighted by molar-refractivity contribution is 6.32. The van der Waals surface area contributed by atoms with Gasteiger partial charge in [0.25, 0.3) is 0 Å². The lowest BCUT2D eigenvalue weighted by Crippen LogP contribution is -2.30. The van der Waals surface area contributed by atoms with Gasteiger partial charge < -0.3 is 15.9 Å². The molecule has 1 aromatic carbocycles. The van der Waals surface area contributed by atoms with Gasteiger partial charge in [0.1, 0.15) is 5.75 Å². The topological polar surface area (TPSA) is 66.5 Å². The minimum Gasteiger partial charge on any atom is -0.506 e. The van der Waals surface area contributed by atoms with Crippen LogP contribution in [0.2, 0.25) is 5.02 Å². The van der Waals surface area contributed by atoms with Crippen molar-refractivity contribution in [3.05, 3.63) is 28.8 Å². The van der Waals surface area contributed by atoms with Crippen molar-refractivity contribution in [2.75, 3.05) is 0 Å². The van der Waals surface area contributed by atoms with Crippen molar-refractivity contribution >= 4 is 11.6 Å². The number of aliphatic hydroxyl groups excluding tert-OH is 1. The first-order valence-corrected chi connectivity index (χ1v) is 5.24. The molecule has 0 saturated carbocycles. The van der Waals surface area contributed by atoms with Crippen LogP contribution in [0, 0.1) is 5.92 Å². The van der Waals surface area contributed by atoms with Gasteiger partial charge in [-0.1, -0.05) is 37.6 Å². The number of benzene rings is 1. The highest BCUT2D eigenvalue weighted by Crippen LogP contribution is 2.32. The van der Waals surface area contributed by atoms with E-state index in [0.717, 1.165) is 0 Å². The van der Waals surface area contributed by atoms with E-state index in [0.29, 0.717) is 5.56 Å². The molecule has 2 atom stereocenters. The fraction of sp³-hybridized carbons (Fsp3) is 0.455. The van der Waals surface area contributed by atoms with Gasteiger partial charge in [-0.3, -0.25) is 0 Å². The standard InChI is InChI=1S/C11H16ClNO2/c1-6(2)10(14)9(13)7-4-3-5-8(12)11(7)15/h3-6,9-10,14-15H,13H2,1-2H3/t9-,10+/m0/s1. The number of halogens is 1. The Morgan fingerprint density at radius 3 is 2.47 bits per heavy atom. The highest BCUT2D eigenvalue weighted by atomic mass is 35.5. The van der Waals surface area contributed by atoms with Crippen LogP contribution in [-0.2, 0) is 0 Å². The summed E-state index contributed by atoms with van der Waals surface area (Å²) in [6.07, 6.45) is -0.700. The Morgan fingerprint density at radius 1 is 1.33 bits per heavy atom. The Morgan fingerprint density at radius 2 is 1.93 bits per heavy atom. The third-order valence-electron chi connectivity index (χ3n) is 2.43. The van der Waals surface area contributed by atoms with Crippen LogP contribution in [0.4, 0.5) is 0 Å². The minimum atomic E-state index is -0.700. The normalized spacial score (nSPS) is 15.3. The summed E-state index contributed by atoms with van der Waals surface area (Å²) in [7, 11) is 0. The lowest BCUT2D eigenvalue weighted by molar-refractivity contribution is 0.0970. The molecule has 0 spiro atoms. The van der Waals surface area contributed by atoms with E-state index < -0.39 is 12.1 Å². The molecular formula is C11H16ClNO2. The largest absolute Gasteiger partial charge is 0.506 e. The quantitative estimate of drug-likeness (QED) is 0.743. The van der Waals surface area contributed by atoms with E-state index >= 15 is 0 Å². The van der Waals surface area contributed by atoms with Gasteiger partial charge >= 0.3 is 0 Å². The van der Waals surface area contributed by atoms with E-state index in [2.05, 4.69) is 0 Å². The molecule has 1 rings (SSSR count). The number of hydrogen-bond acceptors (Lipinski definition) is 3. The summed E-state index contributed by atoms with van der Waals surface area (Å²) in [5.74, 6) is -0.0234. The predicted octanol–water partition coefficient (Wildman–Crippen LogP) is 2.06. The molecule has 0 amide bonds. The van der Waals surface area contributed by atoms with Crippen LogP contribution >= 0.6 is 11.6 Å². The molecule has 4 N–H and O–H groups in total. The zero-order valence-electron chi connectivity index (χ0n) is 8.81. The van der Waals surface area contributed by atoms with Crippen LogP contribution < -0.4 is 5.73 Å². The minimum absolute atomic E-state index is 0.0263. The molecule has 0 aromatic heterocycles. The average Bonchev–Trinajstić information content (AvgIpc) is 2.20. The number of nitrogens with two attached hydrogens (primary N) is 1. The first-order valence-electron chi connectivity index (χ1n) is 4.86. The number of aromatic hydroxyl groups is 1. The molecule has 0 heterocycles. The van der Waals surface area contributed by atoms with Gasteiger partial charge in [0.15, 0.2) is 0 Å². The fourth-order valence-corrected chi connectivity index (χ4v) is 1.58. The number of aliphatic hydroxyl groups is 1. The van der Waals surface area contributed by atoms with Gasteiger partial charge in [0, 0.05) is 5.56 Å². The summed E-state index contributed by atoms with van der Waals surface area (Å²) in [6.45, 7) is 3.73. The molecule has 1 aromatic rings. The van der Waals surface area contributed by atoms with Crippen LogP contribution in [0.15, 0.2) is 18.2 Å². The Balaban J connectivity index is 3.01.